The van der Waals surface area contributed by atoms with Crippen LogP contribution in [0.15, 0.2) is 48.5 Å². The molecule has 0 aliphatic rings. The molecule has 0 saturated heterocycles. The van der Waals surface area contributed by atoms with Crippen molar-refractivity contribution in [3.8, 4) is 17.0 Å². The lowest BCUT2D eigenvalue weighted by atomic mass is 9.99. The van der Waals surface area contributed by atoms with E-state index in [4.69, 9.17) is 15.6 Å². The molecule has 1 heterocycles. The number of benzene rings is 2. The molecule has 1 aromatic heterocycles. The molecule has 0 fully saturated rings. The largest absolute Gasteiger partial charge is 0.491 e. The molecule has 7 nitrogen and oxygen atoms in total. The third-order valence-electron chi connectivity index (χ3n) is 3.90. The van der Waals surface area contributed by atoms with Crippen molar-refractivity contribution in [3.05, 3.63) is 65.5 Å². The number of ether oxygens (including phenoxy) is 1. The maximum Gasteiger partial charge on any atom is 0.199 e. The molecule has 27 heavy (non-hydrogen) atoms. The maximum absolute atomic E-state index is 13.2. The average Bonchev–Trinajstić information content (AvgIpc) is 3.07. The fourth-order valence-corrected chi connectivity index (χ4v) is 2.53. The monoisotopic (exact) mass is 371 g/mol. The number of hydrogen-bond donors (Lipinski definition) is 4. The van der Waals surface area contributed by atoms with Crippen LogP contribution in [-0.4, -0.2) is 45.5 Å². The highest BCUT2D eigenvalue weighted by molar-refractivity contribution is 6.15. The summed E-state index contributed by atoms with van der Waals surface area (Å²) in [6.07, 6.45) is -1.01. The summed E-state index contributed by atoms with van der Waals surface area (Å²) in [4.78, 5) is 13.0. The number of carbonyl (C=O) groups excluding carboxylic acids is 1. The Morgan fingerprint density at radius 3 is 2.70 bits per heavy atom. The first-order chi connectivity index (χ1) is 13.0. The molecule has 0 unspecified atom stereocenters. The number of rotatable bonds is 7. The lowest BCUT2D eigenvalue weighted by molar-refractivity contribution is 0.0536. The summed E-state index contributed by atoms with van der Waals surface area (Å²) < 4.78 is 18.5. The average molecular weight is 371 g/mol. The van der Waals surface area contributed by atoms with Crippen LogP contribution in [0.25, 0.3) is 11.3 Å². The van der Waals surface area contributed by atoms with E-state index in [1.54, 1.807) is 18.2 Å². The second kappa shape index (κ2) is 7.98. The van der Waals surface area contributed by atoms with Gasteiger partial charge in [-0.3, -0.25) is 9.89 Å². The number of nitrogens with one attached hydrogen (secondary N) is 1. The fourth-order valence-electron chi connectivity index (χ4n) is 2.53. The Kier molecular flexibility index (Phi) is 5.49. The predicted octanol–water partition coefficient (Wildman–Crippen LogP) is 1.76. The van der Waals surface area contributed by atoms with E-state index in [0.717, 1.165) is 0 Å². The number of nitrogens with zero attached hydrogens (tertiary/aromatic N) is 1. The van der Waals surface area contributed by atoms with Crippen molar-refractivity contribution in [1.82, 2.24) is 10.2 Å². The molecule has 5 N–H and O–H groups in total. The molecule has 3 aromatic rings. The second-order valence-electron chi connectivity index (χ2n) is 5.87. The quantitative estimate of drug-likeness (QED) is 0.470. The van der Waals surface area contributed by atoms with E-state index in [1.807, 2.05) is 0 Å². The molecule has 2 aromatic carbocycles. The van der Waals surface area contributed by atoms with Crippen molar-refractivity contribution in [1.29, 1.82) is 0 Å². The van der Waals surface area contributed by atoms with Gasteiger partial charge in [0, 0.05) is 11.1 Å². The highest BCUT2D eigenvalue weighted by Gasteiger charge is 2.22. The van der Waals surface area contributed by atoms with Gasteiger partial charge in [-0.05, 0) is 36.4 Å². The van der Waals surface area contributed by atoms with E-state index in [-0.39, 0.29) is 23.8 Å². The van der Waals surface area contributed by atoms with Gasteiger partial charge in [-0.15, -0.1) is 0 Å². The number of hydrogen-bond acceptors (Lipinski definition) is 6. The summed E-state index contributed by atoms with van der Waals surface area (Å²) in [6, 6.07) is 12.0. The Morgan fingerprint density at radius 2 is 2.00 bits per heavy atom. The van der Waals surface area contributed by atoms with Gasteiger partial charge in [-0.1, -0.05) is 12.1 Å². The Morgan fingerprint density at radius 1 is 1.26 bits per heavy atom. The molecular weight excluding hydrogens is 353 g/mol. The summed E-state index contributed by atoms with van der Waals surface area (Å²) >= 11 is 0. The van der Waals surface area contributed by atoms with Gasteiger partial charge in [0.25, 0.3) is 0 Å². The Labute approximate surface area is 154 Å². The summed E-state index contributed by atoms with van der Waals surface area (Å²) in [5.74, 6) is -0.386. The predicted molar refractivity (Wildman–Crippen MR) is 96.9 cm³/mol. The minimum Gasteiger partial charge on any atom is -0.491 e. The van der Waals surface area contributed by atoms with E-state index in [9.17, 15) is 14.3 Å². The van der Waals surface area contributed by atoms with E-state index in [1.165, 1.54) is 30.3 Å². The SMILES string of the molecule is Nc1n[nH]c(-c2ccc(F)cc2)c1C(=O)c1cccc(OC[C@H](O)CO)c1. The normalized spacial score (nSPS) is 12.0. The number of aromatic amines is 1. The number of aliphatic hydroxyl groups is 2. The van der Waals surface area contributed by atoms with Crippen LogP contribution in [0.5, 0.6) is 5.75 Å². The van der Waals surface area contributed by atoms with Crippen LogP contribution in [0.3, 0.4) is 0 Å². The molecule has 0 bridgehead atoms. The van der Waals surface area contributed by atoms with Crippen LogP contribution in [-0.2, 0) is 0 Å². The van der Waals surface area contributed by atoms with E-state index in [0.29, 0.717) is 22.6 Å². The van der Waals surface area contributed by atoms with Crippen LogP contribution < -0.4 is 10.5 Å². The summed E-state index contributed by atoms with van der Waals surface area (Å²) in [7, 11) is 0. The van der Waals surface area contributed by atoms with Crippen molar-refractivity contribution in [2.45, 2.75) is 6.10 Å². The number of carbonyl (C=O) groups is 1. The van der Waals surface area contributed by atoms with Gasteiger partial charge in [0.05, 0.1) is 17.9 Å². The van der Waals surface area contributed by atoms with Crippen molar-refractivity contribution in [3.63, 3.8) is 0 Å². The molecule has 3 rings (SSSR count). The standard InChI is InChI=1S/C19H18FN3O4/c20-13-6-4-11(5-7-13)17-16(19(21)23-22-17)18(26)12-2-1-3-15(8-12)27-10-14(25)9-24/h1-8,14,24-25H,9-10H2,(H3,21,22,23)/t14-/m1/s1. The third-order valence-corrected chi connectivity index (χ3v) is 3.90. The van der Waals surface area contributed by atoms with Gasteiger partial charge in [0.2, 0.25) is 0 Å². The van der Waals surface area contributed by atoms with Crippen molar-refractivity contribution in [2.24, 2.45) is 0 Å². The summed E-state index contributed by atoms with van der Waals surface area (Å²) in [5, 5.41) is 24.8. The van der Waals surface area contributed by atoms with Crippen molar-refractivity contribution < 1.29 is 24.1 Å². The van der Waals surface area contributed by atoms with Crippen molar-refractivity contribution in [2.75, 3.05) is 18.9 Å². The topological polar surface area (TPSA) is 121 Å². The minimum atomic E-state index is -1.01. The van der Waals surface area contributed by atoms with E-state index < -0.39 is 18.5 Å². The highest BCUT2D eigenvalue weighted by Crippen LogP contribution is 2.28. The molecule has 1 atom stereocenters. The van der Waals surface area contributed by atoms with Gasteiger partial charge < -0.3 is 20.7 Å². The smallest absolute Gasteiger partial charge is 0.199 e. The number of ketones is 1. The molecule has 0 spiro atoms. The maximum atomic E-state index is 13.2. The van der Waals surface area contributed by atoms with Gasteiger partial charge in [-0.25, -0.2) is 4.39 Å². The van der Waals surface area contributed by atoms with Crippen LogP contribution in [0, 0.1) is 5.82 Å². The second-order valence-corrected chi connectivity index (χ2v) is 5.87. The zero-order chi connectivity index (χ0) is 19.4. The van der Waals surface area contributed by atoms with Crippen molar-refractivity contribution >= 4 is 11.6 Å². The van der Waals surface area contributed by atoms with Gasteiger partial charge in [0.15, 0.2) is 11.6 Å². The fraction of sp³-hybridized carbons (Fsp3) is 0.158. The molecule has 0 radical (unpaired) electrons. The summed E-state index contributed by atoms with van der Waals surface area (Å²) in [5.41, 5.74) is 7.32. The highest BCUT2D eigenvalue weighted by atomic mass is 19.1. The number of H-pyrrole nitrogens is 1. The zero-order valence-electron chi connectivity index (χ0n) is 14.2. The molecule has 0 aliphatic carbocycles. The van der Waals surface area contributed by atoms with Gasteiger partial charge >= 0.3 is 0 Å². The first-order valence-corrected chi connectivity index (χ1v) is 8.16. The number of aromatic nitrogens is 2. The molecule has 0 saturated carbocycles. The lowest BCUT2D eigenvalue weighted by Crippen LogP contribution is -2.21. The first-order valence-electron chi connectivity index (χ1n) is 8.16. The van der Waals surface area contributed by atoms with Crippen LogP contribution in [0.2, 0.25) is 0 Å². The van der Waals surface area contributed by atoms with Crippen LogP contribution in [0.1, 0.15) is 15.9 Å². The number of halogens is 1. The number of nitrogens with two attached hydrogens (primary N) is 1. The third kappa shape index (κ3) is 4.13. The lowest BCUT2D eigenvalue weighted by Gasteiger charge is -2.11. The first kappa shape index (κ1) is 18.6. The number of nitrogen functional groups attached to an aromatic ring is 1. The molecular formula is C19H18FN3O4. The number of anilines is 1. The molecule has 0 amide bonds. The van der Waals surface area contributed by atoms with Crippen LogP contribution >= 0.6 is 0 Å². The van der Waals surface area contributed by atoms with Gasteiger partial charge in [-0.2, -0.15) is 5.10 Å². The van der Waals surface area contributed by atoms with E-state index in [2.05, 4.69) is 10.2 Å². The Bertz CT molecular complexity index is 940. The number of aliphatic hydroxyl groups excluding tert-OH is 2. The Balaban J connectivity index is 1.90. The minimum absolute atomic E-state index is 0.0290. The van der Waals surface area contributed by atoms with E-state index >= 15 is 0 Å². The Hall–Kier alpha value is -3.23. The summed E-state index contributed by atoms with van der Waals surface area (Å²) in [6.45, 7) is -0.534. The molecule has 0 aliphatic heterocycles. The van der Waals surface area contributed by atoms with Crippen LogP contribution in [0.4, 0.5) is 10.2 Å². The molecule has 8 heteroatoms. The zero-order valence-corrected chi connectivity index (χ0v) is 14.2. The van der Waals surface area contributed by atoms with Gasteiger partial charge in [0.1, 0.15) is 24.3 Å². The molecule has 140 valence electrons.